The van der Waals surface area contributed by atoms with Crippen molar-refractivity contribution in [2.75, 3.05) is 31.6 Å². The summed E-state index contributed by atoms with van der Waals surface area (Å²) in [5.74, 6) is 0.195. The highest BCUT2D eigenvalue weighted by Gasteiger charge is 2.31. The molecule has 3 N–H and O–H groups in total. The third-order valence-corrected chi connectivity index (χ3v) is 2.26. The Bertz CT molecular complexity index is 387. The lowest BCUT2D eigenvalue weighted by Gasteiger charge is -2.10. The zero-order valence-electron chi connectivity index (χ0n) is 9.43. The topological polar surface area (TPSA) is 60.2 Å². The first kappa shape index (κ1) is 15.0. The third kappa shape index (κ3) is 4.67. The Kier molecular flexibility index (Phi) is 5.64. The molecule has 1 aromatic heterocycles. The lowest BCUT2D eigenvalue weighted by Crippen LogP contribution is -2.15. The van der Waals surface area contributed by atoms with Gasteiger partial charge in [0.2, 0.25) is 0 Å². The van der Waals surface area contributed by atoms with Crippen LogP contribution in [-0.2, 0) is 10.9 Å². The first-order valence-corrected chi connectivity index (χ1v) is 5.57. The molecule has 0 unspecified atom stereocenters. The van der Waals surface area contributed by atoms with E-state index in [0.29, 0.717) is 26.3 Å². The molecule has 0 aliphatic heterocycles. The van der Waals surface area contributed by atoms with Gasteiger partial charge in [0.05, 0.1) is 23.8 Å². The van der Waals surface area contributed by atoms with Crippen molar-refractivity contribution < 1.29 is 17.9 Å². The molecule has 0 fully saturated rings. The monoisotopic (exact) mass is 283 g/mol. The first-order chi connectivity index (χ1) is 8.45. The van der Waals surface area contributed by atoms with Gasteiger partial charge in [-0.1, -0.05) is 11.6 Å². The van der Waals surface area contributed by atoms with Gasteiger partial charge in [-0.2, -0.15) is 13.2 Å². The van der Waals surface area contributed by atoms with Crippen LogP contribution in [0, 0.1) is 0 Å². The molecule has 102 valence electrons. The summed E-state index contributed by atoms with van der Waals surface area (Å²) >= 11 is 5.69. The second-order valence-electron chi connectivity index (χ2n) is 3.38. The minimum Gasteiger partial charge on any atom is -0.378 e. The van der Waals surface area contributed by atoms with E-state index in [1.165, 1.54) is 0 Å². The third-order valence-electron chi connectivity index (χ3n) is 1.97. The molecule has 0 aliphatic carbocycles. The minimum absolute atomic E-state index is 0.0800. The van der Waals surface area contributed by atoms with E-state index in [0.717, 1.165) is 12.3 Å². The van der Waals surface area contributed by atoms with Crippen molar-refractivity contribution in [2.24, 2.45) is 5.73 Å². The van der Waals surface area contributed by atoms with Gasteiger partial charge in [0.1, 0.15) is 5.82 Å². The molecule has 0 aromatic carbocycles. The predicted octanol–water partition coefficient (Wildman–Crippen LogP) is 2.14. The Labute approximate surface area is 107 Å². The van der Waals surface area contributed by atoms with E-state index < -0.39 is 11.7 Å². The summed E-state index contributed by atoms with van der Waals surface area (Å²) < 4.78 is 42.1. The average Bonchev–Trinajstić information content (AvgIpc) is 2.29. The maximum absolute atomic E-state index is 12.3. The summed E-state index contributed by atoms with van der Waals surface area (Å²) in [5, 5.41) is 2.69. The van der Waals surface area contributed by atoms with Gasteiger partial charge in [-0.25, -0.2) is 4.98 Å². The molecule has 1 heterocycles. The highest BCUT2D eigenvalue weighted by Crippen LogP contribution is 2.32. The Morgan fingerprint density at radius 1 is 1.39 bits per heavy atom. The molecule has 0 aliphatic rings. The average molecular weight is 284 g/mol. The Balaban J connectivity index is 2.53. The number of nitrogens with one attached hydrogen (secondary N) is 1. The van der Waals surface area contributed by atoms with Crippen molar-refractivity contribution in [3.05, 3.63) is 22.8 Å². The number of anilines is 1. The van der Waals surface area contributed by atoms with E-state index in [1.807, 2.05) is 0 Å². The van der Waals surface area contributed by atoms with Crippen LogP contribution >= 0.6 is 11.6 Å². The van der Waals surface area contributed by atoms with Crippen LogP contribution in [0.1, 0.15) is 5.56 Å². The van der Waals surface area contributed by atoms with Gasteiger partial charge in [-0.15, -0.1) is 0 Å². The molecule has 0 spiro atoms. The van der Waals surface area contributed by atoms with E-state index in [4.69, 9.17) is 22.1 Å². The van der Waals surface area contributed by atoms with Crippen LogP contribution in [0.2, 0.25) is 5.02 Å². The Hall–Kier alpha value is -1.05. The van der Waals surface area contributed by atoms with Crippen molar-refractivity contribution in [3.63, 3.8) is 0 Å². The van der Waals surface area contributed by atoms with Gasteiger partial charge in [-0.3, -0.25) is 0 Å². The number of nitrogens with zero attached hydrogens (tertiary/aromatic N) is 1. The molecule has 0 amide bonds. The van der Waals surface area contributed by atoms with Crippen LogP contribution in [0.3, 0.4) is 0 Å². The quantitative estimate of drug-likeness (QED) is 0.785. The molecule has 18 heavy (non-hydrogen) atoms. The number of alkyl halides is 3. The van der Waals surface area contributed by atoms with Gasteiger partial charge in [0, 0.05) is 19.3 Å². The molecule has 0 atom stereocenters. The second kappa shape index (κ2) is 6.77. The fourth-order valence-electron chi connectivity index (χ4n) is 1.15. The summed E-state index contributed by atoms with van der Waals surface area (Å²) in [6, 6.07) is 0.831. The summed E-state index contributed by atoms with van der Waals surface area (Å²) in [4.78, 5) is 3.62. The normalized spacial score (nSPS) is 11.6. The summed E-state index contributed by atoms with van der Waals surface area (Å²) in [6.07, 6.45) is -3.71. The number of aromatic nitrogens is 1. The maximum atomic E-state index is 12.3. The number of nitrogens with two attached hydrogens (primary N) is 1. The van der Waals surface area contributed by atoms with Crippen LogP contribution in [0.25, 0.3) is 0 Å². The van der Waals surface area contributed by atoms with E-state index in [9.17, 15) is 13.2 Å². The minimum atomic E-state index is -4.45. The lowest BCUT2D eigenvalue weighted by atomic mass is 10.3. The van der Waals surface area contributed by atoms with E-state index >= 15 is 0 Å². The maximum Gasteiger partial charge on any atom is 0.417 e. The number of halogens is 4. The van der Waals surface area contributed by atoms with Crippen LogP contribution < -0.4 is 11.1 Å². The first-order valence-electron chi connectivity index (χ1n) is 5.19. The highest BCUT2D eigenvalue weighted by molar-refractivity contribution is 6.32. The SMILES string of the molecule is NCCOCCNc1ncc(C(F)(F)F)cc1Cl. The van der Waals surface area contributed by atoms with E-state index in [2.05, 4.69) is 10.3 Å². The smallest absolute Gasteiger partial charge is 0.378 e. The summed E-state index contributed by atoms with van der Waals surface area (Å²) in [5.41, 5.74) is 4.34. The van der Waals surface area contributed by atoms with E-state index in [1.54, 1.807) is 0 Å². The van der Waals surface area contributed by atoms with E-state index in [-0.39, 0.29) is 10.8 Å². The van der Waals surface area contributed by atoms with Gasteiger partial charge < -0.3 is 15.8 Å². The zero-order chi connectivity index (χ0) is 13.6. The standard InChI is InChI=1S/C10H13ClF3N3O/c11-8-5-7(10(12,13)14)6-17-9(8)16-2-4-18-3-1-15/h5-6H,1-4,15H2,(H,16,17). The highest BCUT2D eigenvalue weighted by atomic mass is 35.5. The van der Waals surface area contributed by atoms with Crippen molar-refractivity contribution in [3.8, 4) is 0 Å². The summed E-state index contributed by atoms with van der Waals surface area (Å²) in [6.45, 7) is 1.60. The van der Waals surface area contributed by atoms with Crippen LogP contribution in [0.5, 0.6) is 0 Å². The van der Waals surface area contributed by atoms with Crippen molar-refractivity contribution in [1.82, 2.24) is 4.98 Å². The molecule has 0 saturated heterocycles. The largest absolute Gasteiger partial charge is 0.417 e. The molecule has 0 radical (unpaired) electrons. The summed E-state index contributed by atoms with van der Waals surface area (Å²) in [7, 11) is 0. The van der Waals surface area contributed by atoms with Crippen molar-refractivity contribution in [2.45, 2.75) is 6.18 Å². The molecule has 0 saturated carbocycles. The zero-order valence-corrected chi connectivity index (χ0v) is 10.2. The molecular formula is C10H13ClF3N3O. The van der Waals surface area contributed by atoms with Crippen LogP contribution in [-0.4, -0.2) is 31.3 Å². The number of pyridine rings is 1. The molecule has 1 rings (SSSR count). The fraction of sp³-hybridized carbons (Fsp3) is 0.500. The molecule has 1 aromatic rings. The van der Waals surface area contributed by atoms with Crippen molar-refractivity contribution in [1.29, 1.82) is 0 Å². The van der Waals surface area contributed by atoms with Crippen LogP contribution in [0.4, 0.5) is 19.0 Å². The van der Waals surface area contributed by atoms with Gasteiger partial charge in [0.15, 0.2) is 0 Å². The number of hydrogen-bond acceptors (Lipinski definition) is 4. The molecule has 4 nitrogen and oxygen atoms in total. The predicted molar refractivity (Wildman–Crippen MR) is 62.6 cm³/mol. The van der Waals surface area contributed by atoms with Crippen molar-refractivity contribution >= 4 is 17.4 Å². The van der Waals surface area contributed by atoms with Crippen LogP contribution in [0.15, 0.2) is 12.3 Å². The lowest BCUT2D eigenvalue weighted by molar-refractivity contribution is -0.137. The molecular weight excluding hydrogens is 271 g/mol. The van der Waals surface area contributed by atoms with Gasteiger partial charge in [-0.05, 0) is 6.07 Å². The number of hydrogen-bond donors (Lipinski definition) is 2. The number of rotatable bonds is 6. The second-order valence-corrected chi connectivity index (χ2v) is 3.79. The van der Waals surface area contributed by atoms with Gasteiger partial charge >= 0.3 is 6.18 Å². The fourth-order valence-corrected chi connectivity index (χ4v) is 1.38. The number of ether oxygens (including phenoxy) is 1. The Morgan fingerprint density at radius 3 is 2.67 bits per heavy atom. The molecule has 8 heteroatoms. The molecule has 0 bridgehead atoms. The Morgan fingerprint density at radius 2 is 2.11 bits per heavy atom. The van der Waals surface area contributed by atoms with Gasteiger partial charge in [0.25, 0.3) is 0 Å².